The zero-order valence-corrected chi connectivity index (χ0v) is 14.5. The highest BCUT2D eigenvalue weighted by molar-refractivity contribution is 5.82. The zero-order chi connectivity index (χ0) is 18.7. The van der Waals surface area contributed by atoms with Crippen LogP contribution in [0.1, 0.15) is 33.3 Å². The van der Waals surface area contributed by atoms with E-state index in [-0.39, 0.29) is 5.56 Å². The monoisotopic (exact) mass is 341 g/mol. The summed E-state index contributed by atoms with van der Waals surface area (Å²) in [5.74, 6) is -1.34. The van der Waals surface area contributed by atoms with Gasteiger partial charge in [0.2, 0.25) is 5.91 Å². The number of amides is 1. The summed E-state index contributed by atoms with van der Waals surface area (Å²) >= 11 is 0. The van der Waals surface area contributed by atoms with Gasteiger partial charge < -0.3 is 14.7 Å². The molecule has 0 radical (unpaired) electrons. The Morgan fingerprint density at radius 1 is 1.38 bits per heavy atom. The van der Waals surface area contributed by atoms with Gasteiger partial charge in [-0.15, -0.1) is 0 Å². The van der Waals surface area contributed by atoms with Crippen LogP contribution in [0.25, 0.3) is 0 Å². The highest BCUT2D eigenvalue weighted by Crippen LogP contribution is 2.08. The molecule has 0 saturated heterocycles. The van der Waals surface area contributed by atoms with Crippen molar-refractivity contribution < 1.29 is 19.4 Å². The van der Waals surface area contributed by atoms with Crippen molar-refractivity contribution in [2.45, 2.75) is 53.0 Å². The number of aliphatic hydroxyl groups is 1. The molecule has 0 bridgehead atoms. The number of H-pyrrole nitrogens is 1. The molecule has 0 aliphatic heterocycles. The van der Waals surface area contributed by atoms with Gasteiger partial charge in [-0.05, 0) is 34.6 Å². The van der Waals surface area contributed by atoms with Crippen LogP contribution in [0.2, 0.25) is 0 Å². The second-order valence-electron chi connectivity index (χ2n) is 6.44. The van der Waals surface area contributed by atoms with E-state index in [0.717, 1.165) is 9.47 Å². The van der Waals surface area contributed by atoms with Gasteiger partial charge in [0.1, 0.15) is 24.9 Å². The van der Waals surface area contributed by atoms with E-state index in [9.17, 15) is 24.3 Å². The molecular weight excluding hydrogens is 318 g/mol. The molecule has 1 unspecified atom stereocenters. The second-order valence-corrected chi connectivity index (χ2v) is 6.44. The van der Waals surface area contributed by atoms with Crippen molar-refractivity contribution in [1.82, 2.24) is 14.5 Å². The Kier molecular flexibility index (Phi) is 6.08. The molecule has 2 N–H and O–H groups in total. The highest BCUT2D eigenvalue weighted by atomic mass is 16.6. The molecule has 0 aliphatic rings. The number of hydrogen-bond acceptors (Lipinski definition) is 6. The quantitative estimate of drug-likeness (QED) is 0.542. The topological polar surface area (TPSA) is 122 Å². The number of aryl methyl sites for hydroxylation is 1. The largest absolute Gasteiger partial charge is 0.459 e. The van der Waals surface area contributed by atoms with Crippen LogP contribution in [0.4, 0.5) is 0 Å². The number of ether oxygens (including phenoxy) is 1. The third-order valence-corrected chi connectivity index (χ3v) is 2.99. The minimum Gasteiger partial charge on any atom is -0.459 e. The van der Waals surface area contributed by atoms with Crippen molar-refractivity contribution in [3.05, 3.63) is 32.6 Å². The average molecular weight is 341 g/mol. The Labute approximate surface area is 138 Å². The smallest absolute Gasteiger partial charge is 0.328 e. The van der Waals surface area contributed by atoms with E-state index in [0.29, 0.717) is 0 Å². The third kappa shape index (κ3) is 5.65. The summed E-state index contributed by atoms with van der Waals surface area (Å²) in [6.07, 6.45) is -0.00294. The Bertz CT molecular complexity index is 726. The standard InChI is InChI=1S/C15H23N3O6/c1-9-6-17(14(23)16-13(9)22)7-11(20)18(10(2)19)8-12(21)24-15(3,4)5/h6,10,19H,7-8H2,1-5H3,(H,16,22,23). The van der Waals surface area contributed by atoms with Gasteiger partial charge in [0.05, 0.1) is 0 Å². The van der Waals surface area contributed by atoms with Crippen LogP contribution in [0.3, 0.4) is 0 Å². The highest BCUT2D eigenvalue weighted by Gasteiger charge is 2.25. The number of carbonyl (C=O) groups excluding carboxylic acids is 2. The minimum absolute atomic E-state index is 0.262. The lowest BCUT2D eigenvalue weighted by atomic mass is 10.2. The molecular formula is C15H23N3O6. The molecule has 9 nitrogen and oxygen atoms in total. The van der Waals surface area contributed by atoms with E-state index in [4.69, 9.17) is 4.74 Å². The molecule has 0 fully saturated rings. The number of rotatable bonds is 5. The summed E-state index contributed by atoms with van der Waals surface area (Å²) in [4.78, 5) is 50.2. The van der Waals surface area contributed by atoms with Crippen LogP contribution in [-0.2, 0) is 20.9 Å². The number of esters is 1. The SMILES string of the molecule is Cc1cn(CC(=O)N(CC(=O)OC(C)(C)C)C(C)O)c(=O)[nH]c1=O. The van der Waals surface area contributed by atoms with E-state index in [1.165, 1.54) is 20.0 Å². The van der Waals surface area contributed by atoms with E-state index in [1.807, 2.05) is 0 Å². The molecule has 0 aliphatic carbocycles. The number of aliphatic hydroxyl groups excluding tert-OH is 1. The van der Waals surface area contributed by atoms with E-state index in [2.05, 4.69) is 4.98 Å². The van der Waals surface area contributed by atoms with Crippen molar-refractivity contribution in [3.8, 4) is 0 Å². The molecule has 0 aromatic carbocycles. The second kappa shape index (κ2) is 7.43. The molecule has 1 aromatic rings. The van der Waals surface area contributed by atoms with Crippen molar-refractivity contribution in [1.29, 1.82) is 0 Å². The van der Waals surface area contributed by atoms with Crippen LogP contribution in [0.15, 0.2) is 15.8 Å². The van der Waals surface area contributed by atoms with Crippen molar-refractivity contribution in [2.75, 3.05) is 6.54 Å². The molecule has 1 heterocycles. The van der Waals surface area contributed by atoms with Crippen molar-refractivity contribution in [2.24, 2.45) is 0 Å². The molecule has 1 amide bonds. The van der Waals surface area contributed by atoms with Gasteiger partial charge in [0.25, 0.3) is 5.56 Å². The molecule has 134 valence electrons. The maximum atomic E-state index is 12.3. The van der Waals surface area contributed by atoms with Gasteiger partial charge >= 0.3 is 11.7 Å². The van der Waals surface area contributed by atoms with Gasteiger partial charge in [-0.2, -0.15) is 0 Å². The van der Waals surface area contributed by atoms with Crippen LogP contribution in [0, 0.1) is 6.92 Å². The van der Waals surface area contributed by atoms with Crippen LogP contribution >= 0.6 is 0 Å². The molecule has 0 saturated carbocycles. The fraction of sp³-hybridized carbons (Fsp3) is 0.600. The third-order valence-electron chi connectivity index (χ3n) is 2.99. The predicted octanol–water partition coefficient (Wildman–Crippen LogP) is -0.646. The van der Waals surface area contributed by atoms with Gasteiger partial charge in [0.15, 0.2) is 0 Å². The maximum Gasteiger partial charge on any atom is 0.328 e. The lowest BCUT2D eigenvalue weighted by Crippen LogP contribution is -2.46. The molecule has 1 rings (SSSR count). The number of hydrogen-bond donors (Lipinski definition) is 2. The van der Waals surface area contributed by atoms with E-state index >= 15 is 0 Å². The Morgan fingerprint density at radius 3 is 2.46 bits per heavy atom. The number of carbonyl (C=O) groups is 2. The Hall–Kier alpha value is -2.42. The maximum absolute atomic E-state index is 12.3. The molecule has 1 aromatic heterocycles. The first-order valence-electron chi connectivity index (χ1n) is 7.40. The number of nitrogens with zero attached hydrogens (tertiary/aromatic N) is 2. The summed E-state index contributed by atoms with van der Waals surface area (Å²) in [7, 11) is 0. The Balaban J connectivity index is 2.92. The normalized spacial score (nSPS) is 12.6. The van der Waals surface area contributed by atoms with Crippen LogP contribution in [-0.4, -0.2) is 49.8 Å². The first-order chi connectivity index (χ1) is 10.9. The molecule has 9 heteroatoms. The summed E-state index contributed by atoms with van der Waals surface area (Å²) in [5, 5.41) is 9.73. The minimum atomic E-state index is -1.25. The number of nitrogens with one attached hydrogen (secondary N) is 1. The van der Waals surface area contributed by atoms with Gasteiger partial charge in [-0.25, -0.2) is 4.79 Å². The molecule has 0 spiro atoms. The first kappa shape index (κ1) is 19.6. The fourth-order valence-electron chi connectivity index (χ4n) is 1.91. The van der Waals surface area contributed by atoms with Crippen LogP contribution < -0.4 is 11.2 Å². The number of aromatic amines is 1. The van der Waals surface area contributed by atoms with Gasteiger partial charge in [-0.1, -0.05) is 0 Å². The average Bonchev–Trinajstić information content (AvgIpc) is 2.39. The predicted molar refractivity (Wildman–Crippen MR) is 85.3 cm³/mol. The van der Waals surface area contributed by atoms with E-state index < -0.39 is 48.0 Å². The summed E-state index contributed by atoms with van der Waals surface area (Å²) in [5.41, 5.74) is -1.75. The lowest BCUT2D eigenvalue weighted by Gasteiger charge is -2.27. The van der Waals surface area contributed by atoms with Crippen molar-refractivity contribution >= 4 is 11.9 Å². The van der Waals surface area contributed by atoms with Crippen LogP contribution in [0.5, 0.6) is 0 Å². The zero-order valence-electron chi connectivity index (χ0n) is 14.5. The summed E-state index contributed by atoms with van der Waals surface area (Å²) in [6.45, 7) is 6.98. The van der Waals surface area contributed by atoms with Gasteiger partial charge in [-0.3, -0.25) is 23.9 Å². The first-order valence-corrected chi connectivity index (χ1v) is 7.40. The molecule has 24 heavy (non-hydrogen) atoms. The van der Waals surface area contributed by atoms with Gasteiger partial charge in [0, 0.05) is 11.8 Å². The lowest BCUT2D eigenvalue weighted by molar-refractivity contribution is -0.163. The van der Waals surface area contributed by atoms with Crippen molar-refractivity contribution in [3.63, 3.8) is 0 Å². The summed E-state index contributed by atoms with van der Waals surface area (Å²) < 4.78 is 6.12. The number of aromatic nitrogens is 2. The van der Waals surface area contributed by atoms with E-state index in [1.54, 1.807) is 20.8 Å². The molecule has 1 atom stereocenters. The Morgan fingerprint density at radius 2 is 1.96 bits per heavy atom. The summed E-state index contributed by atoms with van der Waals surface area (Å²) in [6, 6.07) is 0. The fourth-order valence-corrected chi connectivity index (χ4v) is 1.91.